The third kappa shape index (κ3) is 6.08. The first-order valence-corrected chi connectivity index (χ1v) is 9.86. The van der Waals surface area contributed by atoms with Crippen molar-refractivity contribution in [3.63, 3.8) is 0 Å². The van der Waals surface area contributed by atoms with Gasteiger partial charge in [0.25, 0.3) is 0 Å². The van der Waals surface area contributed by atoms with E-state index >= 15 is 0 Å². The summed E-state index contributed by atoms with van der Waals surface area (Å²) < 4.78 is 12.0. The Morgan fingerprint density at radius 3 is 2.17 bits per heavy atom. The van der Waals surface area contributed by atoms with Crippen molar-refractivity contribution in [2.75, 3.05) is 0 Å². The van der Waals surface area contributed by atoms with Gasteiger partial charge in [-0.1, -0.05) is 54.4 Å². The molecule has 148 valence electrons. The second kappa shape index (κ2) is 9.74. The van der Waals surface area contributed by atoms with Crippen molar-refractivity contribution in [3.05, 3.63) is 101 Å². The van der Waals surface area contributed by atoms with Crippen LogP contribution in [0.3, 0.4) is 0 Å². The van der Waals surface area contributed by atoms with Crippen LogP contribution in [-0.4, -0.2) is 5.90 Å². The second-order valence-electron chi connectivity index (χ2n) is 7.09. The molecule has 3 aromatic rings. The Morgan fingerprint density at radius 2 is 1.52 bits per heavy atom. The number of aliphatic imine (C=N–C) groups is 1. The summed E-state index contributed by atoms with van der Waals surface area (Å²) in [5, 5.41) is 0. The normalized spacial score (nSPS) is 12.0. The molecule has 0 unspecified atom stereocenters. The van der Waals surface area contributed by atoms with Gasteiger partial charge >= 0.3 is 0 Å². The predicted octanol–water partition coefficient (Wildman–Crippen LogP) is 6.96. The van der Waals surface area contributed by atoms with Gasteiger partial charge < -0.3 is 9.47 Å². The molecule has 0 aliphatic carbocycles. The molecule has 0 aliphatic rings. The topological polar surface area (TPSA) is 30.8 Å². The van der Waals surface area contributed by atoms with Crippen LogP contribution in [0.1, 0.15) is 30.5 Å². The molecule has 3 heteroatoms. The number of benzene rings is 3. The van der Waals surface area contributed by atoms with Gasteiger partial charge in [-0.25, -0.2) is 4.99 Å². The lowest BCUT2D eigenvalue weighted by Crippen LogP contribution is -2.11. The van der Waals surface area contributed by atoms with E-state index in [1.807, 2.05) is 73.7 Å². The highest BCUT2D eigenvalue weighted by Gasteiger charge is 2.08. The molecular formula is C26H27NO2. The maximum Gasteiger partial charge on any atom is 0.225 e. The van der Waals surface area contributed by atoms with Crippen LogP contribution in [0.25, 0.3) is 0 Å². The fourth-order valence-corrected chi connectivity index (χ4v) is 2.69. The predicted molar refractivity (Wildman–Crippen MR) is 120 cm³/mol. The third-order valence-electron chi connectivity index (χ3n) is 4.52. The third-order valence-corrected chi connectivity index (χ3v) is 4.52. The van der Waals surface area contributed by atoms with Crippen LogP contribution >= 0.6 is 0 Å². The van der Waals surface area contributed by atoms with Crippen molar-refractivity contribution in [3.8, 4) is 11.5 Å². The molecule has 3 nitrogen and oxygen atoms in total. The molecule has 0 amide bonds. The highest BCUT2D eigenvalue weighted by molar-refractivity contribution is 5.96. The van der Waals surface area contributed by atoms with E-state index in [1.54, 1.807) is 6.26 Å². The van der Waals surface area contributed by atoms with E-state index in [0.29, 0.717) is 5.90 Å². The Labute approximate surface area is 173 Å². The molecule has 3 aromatic carbocycles. The van der Waals surface area contributed by atoms with Gasteiger partial charge in [0.1, 0.15) is 11.5 Å². The Morgan fingerprint density at radius 1 is 0.862 bits per heavy atom. The quantitative estimate of drug-likeness (QED) is 0.261. The van der Waals surface area contributed by atoms with Crippen LogP contribution in [0.2, 0.25) is 0 Å². The molecular weight excluding hydrogens is 358 g/mol. The van der Waals surface area contributed by atoms with Crippen LogP contribution in [0.15, 0.2) is 89.6 Å². The number of hydrogen-bond acceptors (Lipinski definition) is 3. The minimum absolute atomic E-state index is 0.509. The molecule has 0 bridgehead atoms. The minimum Gasteiger partial charge on any atom is -0.465 e. The van der Waals surface area contributed by atoms with Crippen molar-refractivity contribution in [2.24, 2.45) is 4.99 Å². The van der Waals surface area contributed by atoms with Crippen LogP contribution < -0.4 is 9.47 Å². The van der Waals surface area contributed by atoms with E-state index in [2.05, 4.69) is 26.8 Å². The van der Waals surface area contributed by atoms with E-state index in [9.17, 15) is 0 Å². The summed E-state index contributed by atoms with van der Waals surface area (Å²) in [7, 11) is 0. The van der Waals surface area contributed by atoms with Gasteiger partial charge in [-0.05, 0) is 69.2 Å². The lowest BCUT2D eigenvalue weighted by atomic mass is 10.2. The average molecular weight is 386 g/mol. The maximum absolute atomic E-state index is 6.16. The lowest BCUT2D eigenvalue weighted by molar-refractivity contribution is 0.473. The first kappa shape index (κ1) is 20.4. The molecule has 0 radical (unpaired) electrons. The van der Waals surface area contributed by atoms with Gasteiger partial charge in [0, 0.05) is 5.57 Å². The smallest absolute Gasteiger partial charge is 0.225 e. The molecule has 0 spiro atoms. The molecule has 0 saturated carbocycles. The summed E-state index contributed by atoms with van der Waals surface area (Å²) in [6.07, 6.45) is 2.63. The monoisotopic (exact) mass is 385 g/mol. The summed E-state index contributed by atoms with van der Waals surface area (Å²) in [5.74, 6) is 2.05. The summed E-state index contributed by atoms with van der Waals surface area (Å²) >= 11 is 0. The van der Waals surface area contributed by atoms with Crippen molar-refractivity contribution >= 4 is 11.6 Å². The molecule has 0 N–H and O–H groups in total. The number of hydrogen-bond donors (Lipinski definition) is 0. The van der Waals surface area contributed by atoms with Gasteiger partial charge in [-0.3, -0.25) is 0 Å². The summed E-state index contributed by atoms with van der Waals surface area (Å²) in [6, 6.07) is 24.0. The molecule has 0 aliphatic heterocycles. The first-order chi connectivity index (χ1) is 14.0. The summed E-state index contributed by atoms with van der Waals surface area (Å²) in [4.78, 5) is 4.72. The molecule has 0 fully saturated rings. The molecule has 3 rings (SSSR count). The molecule has 0 heterocycles. The molecule has 0 atom stereocenters. The van der Waals surface area contributed by atoms with Gasteiger partial charge in [0.05, 0.1) is 11.9 Å². The Hall–Kier alpha value is -3.33. The minimum atomic E-state index is 0.509. The fourth-order valence-electron chi connectivity index (χ4n) is 2.69. The van der Waals surface area contributed by atoms with E-state index in [-0.39, 0.29) is 0 Å². The van der Waals surface area contributed by atoms with Crippen molar-refractivity contribution in [2.45, 2.75) is 34.1 Å². The van der Waals surface area contributed by atoms with Gasteiger partial charge in [0.15, 0.2) is 0 Å². The SMILES string of the molecule is CCc1cccc(OC(=Nc2ccc(C)cc2)/C(C)=C/Oc2ccc(C)cc2)c1. The number of aryl methyl sites for hydroxylation is 3. The van der Waals surface area contributed by atoms with E-state index < -0.39 is 0 Å². The molecule has 29 heavy (non-hydrogen) atoms. The first-order valence-electron chi connectivity index (χ1n) is 9.86. The van der Waals surface area contributed by atoms with Crippen LogP contribution in [0, 0.1) is 13.8 Å². The number of nitrogens with zero attached hydrogens (tertiary/aromatic N) is 1. The van der Waals surface area contributed by atoms with Crippen molar-refractivity contribution in [1.82, 2.24) is 0 Å². The van der Waals surface area contributed by atoms with Crippen molar-refractivity contribution < 1.29 is 9.47 Å². The van der Waals surface area contributed by atoms with Gasteiger partial charge in [-0.15, -0.1) is 0 Å². The second-order valence-corrected chi connectivity index (χ2v) is 7.09. The number of rotatable bonds is 6. The van der Waals surface area contributed by atoms with E-state index in [4.69, 9.17) is 14.5 Å². The summed E-state index contributed by atoms with van der Waals surface area (Å²) in [6.45, 7) is 8.17. The zero-order valence-corrected chi connectivity index (χ0v) is 17.5. The Kier molecular flexibility index (Phi) is 6.85. The van der Waals surface area contributed by atoms with Crippen molar-refractivity contribution in [1.29, 1.82) is 0 Å². The van der Waals surface area contributed by atoms with Crippen LogP contribution in [0.4, 0.5) is 5.69 Å². The highest BCUT2D eigenvalue weighted by Crippen LogP contribution is 2.20. The summed E-state index contributed by atoms with van der Waals surface area (Å²) in [5.41, 5.74) is 5.24. The van der Waals surface area contributed by atoms with E-state index in [0.717, 1.165) is 29.2 Å². The standard InChI is InChI=1S/C26H27NO2/c1-5-22-7-6-8-25(17-22)29-26(27-23-13-9-19(2)10-14-23)21(4)18-28-24-15-11-20(3)12-16-24/h6-18H,5H2,1-4H3/b21-18+,27-26?. The average Bonchev–Trinajstić information content (AvgIpc) is 2.74. The number of ether oxygens (including phenoxy) is 2. The Balaban J connectivity index is 1.89. The molecule has 0 aromatic heterocycles. The van der Waals surface area contributed by atoms with Gasteiger partial charge in [-0.2, -0.15) is 0 Å². The lowest BCUT2D eigenvalue weighted by Gasteiger charge is -2.11. The Bertz CT molecular complexity index is 1000. The van der Waals surface area contributed by atoms with Gasteiger partial charge in [0.2, 0.25) is 5.90 Å². The fraction of sp³-hybridized carbons (Fsp3) is 0.192. The van der Waals surface area contributed by atoms with E-state index in [1.165, 1.54) is 16.7 Å². The van der Waals surface area contributed by atoms with Crippen LogP contribution in [0.5, 0.6) is 11.5 Å². The zero-order valence-electron chi connectivity index (χ0n) is 17.5. The highest BCUT2D eigenvalue weighted by atomic mass is 16.5. The molecule has 0 saturated heterocycles. The zero-order chi connectivity index (χ0) is 20.6. The van der Waals surface area contributed by atoms with Crippen LogP contribution in [-0.2, 0) is 6.42 Å². The largest absolute Gasteiger partial charge is 0.465 e. The maximum atomic E-state index is 6.16.